The average molecular weight is 247 g/mol. The predicted molar refractivity (Wildman–Crippen MR) is 70.1 cm³/mol. The number of hydrogen-bond acceptors (Lipinski definition) is 2. The van der Waals surface area contributed by atoms with Gasteiger partial charge in [-0.25, -0.2) is 0 Å². The molecule has 2 aliphatic heterocycles. The Hall–Kier alpha value is -1.09. The van der Waals surface area contributed by atoms with Crippen LogP contribution in [0.3, 0.4) is 0 Å². The van der Waals surface area contributed by atoms with Crippen molar-refractivity contribution in [2.75, 3.05) is 0 Å². The number of hydrogen-bond donors (Lipinski definition) is 1. The molecule has 0 bridgehead atoms. The Labute approximate surface area is 108 Å². The van der Waals surface area contributed by atoms with Gasteiger partial charge in [-0.05, 0) is 51.0 Å². The van der Waals surface area contributed by atoms with Crippen molar-refractivity contribution in [3.63, 3.8) is 0 Å². The zero-order valence-electron chi connectivity index (χ0n) is 11.2. The van der Waals surface area contributed by atoms with Crippen molar-refractivity contribution >= 4 is 5.78 Å². The van der Waals surface area contributed by atoms with Crippen LogP contribution in [0.15, 0.2) is 0 Å². The molecule has 0 spiro atoms. The van der Waals surface area contributed by atoms with Crippen molar-refractivity contribution in [2.24, 2.45) is 0 Å². The molecule has 0 saturated heterocycles. The molecule has 3 rings (SSSR count). The molecule has 3 heteroatoms. The summed E-state index contributed by atoms with van der Waals surface area (Å²) in [5, 5.41) is 9.63. The molecular formula is C15H21NO2. The zero-order chi connectivity index (χ0) is 12.9. The smallest absolute Gasteiger partial charge is 0.193 e. The minimum absolute atomic E-state index is 0.0793. The maximum atomic E-state index is 12.3. The van der Waals surface area contributed by atoms with E-state index in [0.29, 0.717) is 6.04 Å². The summed E-state index contributed by atoms with van der Waals surface area (Å²) in [5.74, 6) is -0.0793. The highest BCUT2D eigenvalue weighted by Crippen LogP contribution is 2.42. The van der Waals surface area contributed by atoms with Crippen molar-refractivity contribution in [3.8, 4) is 0 Å². The van der Waals surface area contributed by atoms with Crippen LogP contribution in [0, 0.1) is 0 Å². The number of nitrogens with zero attached hydrogens (tertiary/aromatic N) is 1. The Balaban J connectivity index is 2.20. The molecule has 2 aliphatic rings. The minimum Gasteiger partial charge on any atom is -0.385 e. The zero-order valence-corrected chi connectivity index (χ0v) is 11.2. The molecule has 3 heterocycles. The topological polar surface area (TPSA) is 42.2 Å². The number of carbonyl (C=O) groups is 1. The van der Waals surface area contributed by atoms with Gasteiger partial charge in [-0.3, -0.25) is 4.79 Å². The first-order valence-electron chi connectivity index (χ1n) is 7.12. The van der Waals surface area contributed by atoms with Crippen LogP contribution in [-0.4, -0.2) is 21.6 Å². The van der Waals surface area contributed by atoms with Crippen LogP contribution in [0.2, 0.25) is 0 Å². The highest BCUT2D eigenvalue weighted by Gasteiger charge is 2.35. The lowest BCUT2D eigenvalue weighted by Gasteiger charge is -2.23. The van der Waals surface area contributed by atoms with Crippen molar-refractivity contribution < 1.29 is 9.90 Å². The lowest BCUT2D eigenvalue weighted by Crippen LogP contribution is -2.18. The molecule has 0 fully saturated rings. The van der Waals surface area contributed by atoms with Gasteiger partial charge in [0.15, 0.2) is 5.78 Å². The highest BCUT2D eigenvalue weighted by atomic mass is 16.3. The molecule has 98 valence electrons. The van der Waals surface area contributed by atoms with Gasteiger partial charge in [-0.2, -0.15) is 0 Å². The highest BCUT2D eigenvalue weighted by molar-refractivity contribution is 6.02. The summed E-state index contributed by atoms with van der Waals surface area (Å²) in [6.45, 7) is 3.70. The van der Waals surface area contributed by atoms with E-state index in [1.807, 2.05) is 0 Å². The molecule has 0 amide bonds. The van der Waals surface area contributed by atoms with Gasteiger partial charge in [0.25, 0.3) is 0 Å². The third kappa shape index (κ3) is 1.50. The van der Waals surface area contributed by atoms with Crippen molar-refractivity contribution in [2.45, 2.75) is 64.5 Å². The minimum atomic E-state index is -0.880. The van der Waals surface area contributed by atoms with Crippen LogP contribution < -0.4 is 0 Å². The van der Waals surface area contributed by atoms with E-state index in [4.69, 9.17) is 0 Å². The number of aliphatic hydroxyl groups is 1. The van der Waals surface area contributed by atoms with Crippen molar-refractivity contribution in [1.29, 1.82) is 0 Å². The second kappa shape index (κ2) is 4.23. The van der Waals surface area contributed by atoms with E-state index in [-0.39, 0.29) is 5.78 Å². The van der Waals surface area contributed by atoms with E-state index in [1.54, 1.807) is 6.92 Å². The van der Waals surface area contributed by atoms with Crippen LogP contribution in [0.4, 0.5) is 0 Å². The summed E-state index contributed by atoms with van der Waals surface area (Å²) in [4.78, 5) is 12.3. The van der Waals surface area contributed by atoms with Crippen LogP contribution in [-0.2, 0) is 19.3 Å². The Kier molecular flexibility index (Phi) is 2.81. The summed E-state index contributed by atoms with van der Waals surface area (Å²) in [7, 11) is 0. The van der Waals surface area contributed by atoms with Crippen molar-refractivity contribution in [3.05, 3.63) is 22.5 Å². The van der Waals surface area contributed by atoms with Gasteiger partial charge in [0.2, 0.25) is 0 Å². The van der Waals surface area contributed by atoms with Crippen LogP contribution in [0.1, 0.15) is 66.5 Å². The Morgan fingerprint density at radius 1 is 1.39 bits per heavy atom. The molecule has 0 aliphatic carbocycles. The van der Waals surface area contributed by atoms with E-state index in [1.165, 1.54) is 36.2 Å². The van der Waals surface area contributed by atoms with Crippen LogP contribution in [0.25, 0.3) is 0 Å². The van der Waals surface area contributed by atoms with Gasteiger partial charge in [0.05, 0.1) is 0 Å². The molecule has 1 aromatic heterocycles. The van der Waals surface area contributed by atoms with E-state index in [9.17, 15) is 9.90 Å². The van der Waals surface area contributed by atoms with Gasteiger partial charge in [0, 0.05) is 23.0 Å². The number of ketones is 1. The Morgan fingerprint density at radius 3 is 2.83 bits per heavy atom. The quantitative estimate of drug-likeness (QED) is 0.834. The molecule has 1 N–H and O–H groups in total. The van der Waals surface area contributed by atoms with E-state index < -0.39 is 6.10 Å². The Morgan fingerprint density at radius 2 is 2.17 bits per heavy atom. The largest absolute Gasteiger partial charge is 0.385 e. The second-order valence-corrected chi connectivity index (χ2v) is 5.60. The summed E-state index contributed by atoms with van der Waals surface area (Å²) in [6.07, 6.45) is 5.78. The summed E-state index contributed by atoms with van der Waals surface area (Å²) < 4.78 is 2.43. The number of aromatic nitrogens is 1. The molecule has 18 heavy (non-hydrogen) atoms. The third-order valence-corrected chi connectivity index (χ3v) is 4.53. The van der Waals surface area contributed by atoms with Gasteiger partial charge in [-0.15, -0.1) is 0 Å². The molecule has 3 nitrogen and oxygen atoms in total. The SMILES string of the molecule is CCc1c(C(=O)C(C)O)c2n3c1CCC[C@@H]3CC2. The van der Waals surface area contributed by atoms with E-state index in [0.717, 1.165) is 24.8 Å². The normalized spacial score (nSPS) is 22.9. The number of Topliss-reactive ketones (excluding diaryl/α,β-unsaturated/α-hetero) is 1. The molecule has 1 aromatic rings. The Bertz CT molecular complexity index is 495. The summed E-state index contributed by atoms with van der Waals surface area (Å²) in [5.41, 5.74) is 4.65. The first-order valence-corrected chi connectivity index (χ1v) is 7.12. The molecule has 0 radical (unpaired) electrons. The first kappa shape index (κ1) is 12.0. The molecule has 0 saturated carbocycles. The second-order valence-electron chi connectivity index (χ2n) is 5.60. The van der Waals surface area contributed by atoms with Crippen molar-refractivity contribution in [1.82, 2.24) is 4.57 Å². The van der Waals surface area contributed by atoms with Gasteiger partial charge in [-0.1, -0.05) is 6.92 Å². The molecule has 1 unspecified atom stereocenters. The van der Waals surface area contributed by atoms with Crippen LogP contribution >= 0.6 is 0 Å². The first-order chi connectivity index (χ1) is 8.65. The predicted octanol–water partition coefficient (Wildman–Crippen LogP) is 2.44. The molecule has 0 aromatic carbocycles. The molecule has 2 atom stereocenters. The van der Waals surface area contributed by atoms with Gasteiger partial charge >= 0.3 is 0 Å². The fraction of sp³-hybridized carbons (Fsp3) is 0.667. The fourth-order valence-electron chi connectivity index (χ4n) is 3.80. The third-order valence-electron chi connectivity index (χ3n) is 4.53. The average Bonchev–Trinajstić information content (AvgIpc) is 2.92. The summed E-state index contributed by atoms with van der Waals surface area (Å²) >= 11 is 0. The number of rotatable bonds is 3. The van der Waals surface area contributed by atoms with Gasteiger partial charge in [0.1, 0.15) is 6.10 Å². The van der Waals surface area contributed by atoms with Gasteiger partial charge < -0.3 is 9.67 Å². The maximum absolute atomic E-state index is 12.3. The monoisotopic (exact) mass is 247 g/mol. The molecular weight excluding hydrogens is 226 g/mol. The standard InChI is InChI=1S/C15H21NO2/c1-3-11-12-6-4-5-10-7-8-13(16(10)12)14(11)15(18)9(2)17/h9-10,17H,3-8H2,1-2H3/t9?,10-/m1/s1. The van der Waals surface area contributed by atoms with E-state index >= 15 is 0 Å². The lowest BCUT2D eigenvalue weighted by molar-refractivity contribution is 0.0777. The lowest BCUT2D eigenvalue weighted by atomic mass is 9.93. The summed E-state index contributed by atoms with van der Waals surface area (Å²) in [6, 6.07) is 0.615. The number of aliphatic hydroxyl groups excluding tert-OH is 1. The van der Waals surface area contributed by atoms with E-state index in [2.05, 4.69) is 11.5 Å². The fourth-order valence-corrected chi connectivity index (χ4v) is 3.80. The maximum Gasteiger partial charge on any atom is 0.193 e. The van der Waals surface area contributed by atoms with Crippen LogP contribution in [0.5, 0.6) is 0 Å². The number of carbonyl (C=O) groups excluding carboxylic acids is 1.